The largest absolute Gasteiger partial charge is 0.459 e. The van der Waals surface area contributed by atoms with Gasteiger partial charge < -0.3 is 4.74 Å². The number of rotatable bonds is 0. The van der Waals surface area contributed by atoms with Crippen molar-refractivity contribution < 1.29 is 9.53 Å². The Bertz CT molecular complexity index is 387. The summed E-state index contributed by atoms with van der Waals surface area (Å²) in [6.07, 6.45) is 6.86. The Labute approximate surface area is 110 Å². The molecule has 1 saturated heterocycles. The van der Waals surface area contributed by atoms with Crippen LogP contribution in [0.3, 0.4) is 0 Å². The molecule has 1 aliphatic heterocycles. The lowest BCUT2D eigenvalue weighted by Gasteiger charge is -2.59. The average molecular weight is 250 g/mol. The molecule has 3 fully saturated rings. The average Bonchev–Trinajstić information content (AvgIpc) is 2.53. The van der Waals surface area contributed by atoms with Gasteiger partial charge in [0.1, 0.15) is 5.60 Å². The maximum atomic E-state index is 11.8. The Balaban J connectivity index is 2.00. The van der Waals surface area contributed by atoms with Crippen LogP contribution in [0.15, 0.2) is 0 Å². The third kappa shape index (κ3) is 1.50. The minimum absolute atomic E-state index is 0.0350. The van der Waals surface area contributed by atoms with Gasteiger partial charge in [0.2, 0.25) is 0 Å². The van der Waals surface area contributed by atoms with Crippen LogP contribution in [-0.2, 0) is 9.53 Å². The van der Waals surface area contributed by atoms with E-state index in [4.69, 9.17) is 4.74 Å². The fraction of sp³-hybridized carbons (Fsp3) is 0.938. The van der Waals surface area contributed by atoms with Crippen molar-refractivity contribution >= 4 is 5.97 Å². The van der Waals surface area contributed by atoms with Crippen molar-refractivity contribution in [2.75, 3.05) is 0 Å². The highest BCUT2D eigenvalue weighted by atomic mass is 16.6. The van der Waals surface area contributed by atoms with Crippen molar-refractivity contribution in [2.45, 2.75) is 71.8 Å². The fourth-order valence-corrected chi connectivity index (χ4v) is 5.65. The zero-order valence-electron chi connectivity index (χ0n) is 12.2. The van der Waals surface area contributed by atoms with Crippen molar-refractivity contribution in [2.24, 2.45) is 22.7 Å². The van der Waals surface area contributed by atoms with Gasteiger partial charge in [-0.15, -0.1) is 0 Å². The molecule has 0 spiro atoms. The SMILES string of the molecule is CC1(C)CCC[C@@]2(C)[C@@H]1CC[C@]1(C)OC(=O)C[C@H]21. The molecule has 3 rings (SSSR count). The molecular weight excluding hydrogens is 224 g/mol. The Hall–Kier alpha value is -0.530. The van der Waals surface area contributed by atoms with E-state index in [1.165, 1.54) is 25.7 Å². The van der Waals surface area contributed by atoms with E-state index in [-0.39, 0.29) is 11.6 Å². The molecule has 0 aromatic heterocycles. The first-order chi connectivity index (χ1) is 8.28. The minimum Gasteiger partial charge on any atom is -0.459 e. The first-order valence-electron chi connectivity index (χ1n) is 7.50. The predicted molar refractivity (Wildman–Crippen MR) is 71.1 cm³/mol. The van der Waals surface area contributed by atoms with Gasteiger partial charge in [-0.1, -0.05) is 27.2 Å². The second kappa shape index (κ2) is 3.52. The summed E-state index contributed by atoms with van der Waals surface area (Å²) in [6, 6.07) is 0. The monoisotopic (exact) mass is 250 g/mol. The first-order valence-corrected chi connectivity index (χ1v) is 7.50. The zero-order valence-corrected chi connectivity index (χ0v) is 12.2. The van der Waals surface area contributed by atoms with E-state index in [9.17, 15) is 4.79 Å². The highest BCUT2D eigenvalue weighted by Crippen LogP contribution is 2.64. The standard InChI is InChI=1S/C16H26O2/c1-14(2)7-5-8-15(3)11(14)6-9-16(4)12(15)10-13(17)18-16/h11-12H,5-10H2,1-4H3/t11-,12-,15+,16+/m1/s1. The van der Waals surface area contributed by atoms with Gasteiger partial charge in [-0.05, 0) is 49.4 Å². The summed E-state index contributed by atoms with van der Waals surface area (Å²) in [5.74, 6) is 1.23. The lowest BCUT2D eigenvalue weighted by atomic mass is 9.45. The van der Waals surface area contributed by atoms with Gasteiger partial charge >= 0.3 is 5.97 Å². The fourth-order valence-electron chi connectivity index (χ4n) is 5.65. The van der Waals surface area contributed by atoms with E-state index in [0.29, 0.717) is 23.2 Å². The molecule has 0 bridgehead atoms. The molecule has 2 aliphatic carbocycles. The van der Waals surface area contributed by atoms with E-state index in [1.54, 1.807) is 0 Å². The van der Waals surface area contributed by atoms with Crippen LogP contribution >= 0.6 is 0 Å². The summed E-state index contributed by atoms with van der Waals surface area (Å²) >= 11 is 0. The maximum absolute atomic E-state index is 11.8. The van der Waals surface area contributed by atoms with E-state index in [1.807, 2.05) is 0 Å². The Morgan fingerprint density at radius 2 is 1.78 bits per heavy atom. The molecule has 4 atom stereocenters. The highest BCUT2D eigenvalue weighted by molar-refractivity contribution is 5.73. The van der Waals surface area contributed by atoms with E-state index in [2.05, 4.69) is 27.7 Å². The highest BCUT2D eigenvalue weighted by Gasteiger charge is 2.62. The van der Waals surface area contributed by atoms with Crippen LogP contribution in [0.1, 0.15) is 66.2 Å². The van der Waals surface area contributed by atoms with E-state index < -0.39 is 0 Å². The van der Waals surface area contributed by atoms with Crippen molar-refractivity contribution in [3.05, 3.63) is 0 Å². The predicted octanol–water partition coefficient (Wildman–Crippen LogP) is 3.93. The second-order valence-corrected chi connectivity index (χ2v) is 7.98. The molecule has 102 valence electrons. The lowest BCUT2D eigenvalue weighted by Crippen LogP contribution is -2.55. The van der Waals surface area contributed by atoms with Crippen LogP contribution in [0.25, 0.3) is 0 Å². The van der Waals surface area contributed by atoms with Crippen LogP contribution in [0.5, 0.6) is 0 Å². The third-order valence-electron chi connectivity index (χ3n) is 6.46. The van der Waals surface area contributed by atoms with Crippen molar-refractivity contribution in [3.8, 4) is 0 Å². The lowest BCUT2D eigenvalue weighted by molar-refractivity contribution is -0.164. The number of esters is 1. The number of carbonyl (C=O) groups excluding carboxylic acids is 1. The number of carbonyl (C=O) groups is 1. The van der Waals surface area contributed by atoms with Crippen LogP contribution in [0.2, 0.25) is 0 Å². The van der Waals surface area contributed by atoms with Crippen LogP contribution in [-0.4, -0.2) is 11.6 Å². The topological polar surface area (TPSA) is 26.3 Å². The summed E-state index contributed by atoms with van der Waals surface area (Å²) < 4.78 is 5.70. The summed E-state index contributed by atoms with van der Waals surface area (Å²) in [5.41, 5.74) is 0.566. The molecule has 2 saturated carbocycles. The first kappa shape index (κ1) is 12.5. The van der Waals surface area contributed by atoms with Crippen molar-refractivity contribution in [1.29, 1.82) is 0 Å². The van der Waals surface area contributed by atoms with Crippen LogP contribution in [0, 0.1) is 22.7 Å². The number of hydrogen-bond acceptors (Lipinski definition) is 2. The molecule has 2 heteroatoms. The molecule has 0 aromatic rings. The molecule has 0 radical (unpaired) electrons. The van der Waals surface area contributed by atoms with E-state index >= 15 is 0 Å². The number of fused-ring (bicyclic) bond motifs is 3. The Morgan fingerprint density at radius 1 is 1.06 bits per heavy atom. The Kier molecular flexibility index (Phi) is 2.44. The normalized spacial score (nSPS) is 50.3. The molecular formula is C16H26O2. The van der Waals surface area contributed by atoms with Gasteiger partial charge in [-0.3, -0.25) is 4.79 Å². The van der Waals surface area contributed by atoms with Gasteiger partial charge in [0, 0.05) is 5.92 Å². The summed E-state index contributed by atoms with van der Waals surface area (Å²) in [4.78, 5) is 11.8. The maximum Gasteiger partial charge on any atom is 0.306 e. The minimum atomic E-state index is -0.171. The Morgan fingerprint density at radius 3 is 2.50 bits per heavy atom. The molecule has 1 heterocycles. The van der Waals surface area contributed by atoms with Gasteiger partial charge in [-0.25, -0.2) is 0 Å². The van der Waals surface area contributed by atoms with Crippen molar-refractivity contribution in [3.63, 3.8) is 0 Å². The van der Waals surface area contributed by atoms with Gasteiger partial charge in [-0.2, -0.15) is 0 Å². The third-order valence-corrected chi connectivity index (χ3v) is 6.46. The number of hydrogen-bond donors (Lipinski definition) is 0. The molecule has 0 aromatic carbocycles. The second-order valence-electron chi connectivity index (χ2n) is 7.98. The smallest absolute Gasteiger partial charge is 0.306 e. The zero-order chi connectivity index (χ0) is 13.2. The summed E-state index contributed by atoms with van der Waals surface area (Å²) in [7, 11) is 0. The number of ether oxygens (including phenoxy) is 1. The molecule has 3 aliphatic rings. The van der Waals surface area contributed by atoms with Crippen molar-refractivity contribution in [1.82, 2.24) is 0 Å². The molecule has 0 amide bonds. The van der Waals surface area contributed by atoms with Gasteiger partial charge in [0.15, 0.2) is 0 Å². The van der Waals surface area contributed by atoms with Crippen LogP contribution in [0.4, 0.5) is 0 Å². The summed E-state index contributed by atoms with van der Waals surface area (Å²) in [5, 5.41) is 0. The van der Waals surface area contributed by atoms with Gasteiger partial charge in [0.25, 0.3) is 0 Å². The van der Waals surface area contributed by atoms with Gasteiger partial charge in [0.05, 0.1) is 6.42 Å². The molecule has 0 N–H and O–H groups in total. The van der Waals surface area contributed by atoms with E-state index in [0.717, 1.165) is 12.3 Å². The molecule has 0 unspecified atom stereocenters. The molecule has 2 nitrogen and oxygen atoms in total. The summed E-state index contributed by atoms with van der Waals surface area (Å²) in [6.45, 7) is 9.46. The quantitative estimate of drug-likeness (QED) is 0.609. The molecule has 18 heavy (non-hydrogen) atoms. The van der Waals surface area contributed by atoms with Crippen LogP contribution < -0.4 is 0 Å².